The van der Waals surface area contributed by atoms with Gasteiger partial charge in [-0.2, -0.15) is 0 Å². The number of anilines is 1. The predicted octanol–water partition coefficient (Wildman–Crippen LogP) is 3.84. The summed E-state index contributed by atoms with van der Waals surface area (Å²) >= 11 is 5.78. The number of rotatable bonds is 5. The molecule has 4 heteroatoms. The minimum absolute atomic E-state index is 0.0351. The molecule has 0 saturated heterocycles. The Morgan fingerprint density at radius 2 is 1.70 bits per heavy atom. The van der Waals surface area contributed by atoms with Crippen molar-refractivity contribution in [3.05, 3.63) is 64.7 Å². The molecule has 0 aliphatic carbocycles. The fraction of sp³-hybridized carbons (Fsp3) is 0.125. The Hall–Kier alpha value is -2.13. The minimum atomic E-state index is -0.0555. The molecular weight excluding hydrogens is 274 g/mol. The highest BCUT2D eigenvalue weighted by Crippen LogP contribution is 2.16. The number of nitrogens with one attached hydrogen (secondary N) is 1. The zero-order valence-electron chi connectivity index (χ0n) is 11.0. The number of para-hydroxylation sites is 1. The van der Waals surface area contributed by atoms with E-state index in [0.29, 0.717) is 21.8 Å². The zero-order chi connectivity index (χ0) is 14.5. The van der Waals surface area contributed by atoms with Crippen LogP contribution in [0, 0.1) is 0 Å². The highest BCUT2D eigenvalue weighted by atomic mass is 35.5. The van der Waals surface area contributed by atoms with E-state index in [1.165, 1.54) is 6.92 Å². The maximum atomic E-state index is 12.0. The first-order valence-corrected chi connectivity index (χ1v) is 6.58. The number of halogens is 1. The van der Waals surface area contributed by atoms with Gasteiger partial charge in [-0.25, -0.2) is 0 Å². The van der Waals surface area contributed by atoms with Crippen molar-refractivity contribution in [2.75, 3.05) is 11.9 Å². The molecular formula is C16H14ClNO2. The van der Waals surface area contributed by atoms with Gasteiger partial charge in [-0.15, -0.1) is 0 Å². The summed E-state index contributed by atoms with van der Waals surface area (Å²) < 4.78 is 0. The van der Waals surface area contributed by atoms with E-state index < -0.39 is 0 Å². The predicted molar refractivity (Wildman–Crippen MR) is 80.7 cm³/mol. The molecule has 2 rings (SSSR count). The van der Waals surface area contributed by atoms with E-state index in [-0.39, 0.29) is 18.1 Å². The summed E-state index contributed by atoms with van der Waals surface area (Å²) in [5, 5.41) is 3.60. The van der Waals surface area contributed by atoms with Gasteiger partial charge in [-0.1, -0.05) is 23.7 Å². The lowest BCUT2D eigenvalue weighted by Crippen LogP contribution is -2.15. The second-order valence-electron chi connectivity index (χ2n) is 4.39. The van der Waals surface area contributed by atoms with Crippen LogP contribution in [0.2, 0.25) is 5.02 Å². The standard InChI is InChI=1S/C16H14ClNO2/c1-11(19)14-4-2-3-5-15(14)18-10-16(20)12-6-8-13(17)9-7-12/h2-9,18H,10H2,1H3. The largest absolute Gasteiger partial charge is 0.377 e. The second kappa shape index (κ2) is 6.35. The highest BCUT2D eigenvalue weighted by Gasteiger charge is 2.09. The van der Waals surface area contributed by atoms with Crippen LogP contribution in [-0.4, -0.2) is 18.1 Å². The number of carbonyl (C=O) groups is 2. The molecule has 0 amide bonds. The van der Waals surface area contributed by atoms with Gasteiger partial charge in [0.15, 0.2) is 11.6 Å². The van der Waals surface area contributed by atoms with Gasteiger partial charge in [0.25, 0.3) is 0 Å². The van der Waals surface area contributed by atoms with Crippen molar-refractivity contribution >= 4 is 28.9 Å². The first-order valence-electron chi connectivity index (χ1n) is 6.20. The Kier molecular flexibility index (Phi) is 4.53. The number of ketones is 2. The van der Waals surface area contributed by atoms with Crippen LogP contribution in [0.15, 0.2) is 48.5 Å². The fourth-order valence-electron chi connectivity index (χ4n) is 1.86. The van der Waals surface area contributed by atoms with Gasteiger partial charge in [0.05, 0.1) is 6.54 Å². The van der Waals surface area contributed by atoms with Gasteiger partial charge in [0.1, 0.15) is 0 Å². The number of hydrogen-bond acceptors (Lipinski definition) is 3. The van der Waals surface area contributed by atoms with Crippen molar-refractivity contribution in [2.45, 2.75) is 6.92 Å². The Morgan fingerprint density at radius 3 is 2.35 bits per heavy atom. The van der Waals surface area contributed by atoms with Gasteiger partial charge >= 0.3 is 0 Å². The first-order chi connectivity index (χ1) is 9.58. The average Bonchev–Trinajstić information content (AvgIpc) is 2.45. The van der Waals surface area contributed by atoms with Crippen molar-refractivity contribution in [1.82, 2.24) is 0 Å². The Balaban J connectivity index is 2.07. The smallest absolute Gasteiger partial charge is 0.181 e. The summed E-state index contributed by atoms with van der Waals surface area (Å²) in [5.41, 5.74) is 1.83. The molecule has 0 saturated carbocycles. The summed E-state index contributed by atoms with van der Waals surface area (Å²) in [5.74, 6) is -0.0907. The summed E-state index contributed by atoms with van der Waals surface area (Å²) in [7, 11) is 0. The molecule has 3 nitrogen and oxygen atoms in total. The van der Waals surface area contributed by atoms with Crippen molar-refractivity contribution in [3.8, 4) is 0 Å². The molecule has 0 bridgehead atoms. The summed E-state index contributed by atoms with van der Waals surface area (Å²) in [6.45, 7) is 1.63. The molecule has 1 N–H and O–H groups in total. The Morgan fingerprint density at radius 1 is 1.05 bits per heavy atom. The number of benzene rings is 2. The van der Waals surface area contributed by atoms with E-state index in [0.717, 1.165) is 0 Å². The van der Waals surface area contributed by atoms with Gasteiger partial charge in [-0.3, -0.25) is 9.59 Å². The maximum absolute atomic E-state index is 12.0. The summed E-state index contributed by atoms with van der Waals surface area (Å²) in [4.78, 5) is 23.5. The molecule has 0 fully saturated rings. The van der Waals surface area contributed by atoms with Crippen LogP contribution in [0.1, 0.15) is 27.6 Å². The quantitative estimate of drug-likeness (QED) is 0.850. The van der Waals surface area contributed by atoms with E-state index >= 15 is 0 Å². The van der Waals surface area contributed by atoms with Crippen LogP contribution < -0.4 is 5.32 Å². The number of carbonyl (C=O) groups excluding carboxylic acids is 2. The molecule has 0 atom stereocenters. The van der Waals surface area contributed by atoms with E-state index in [2.05, 4.69) is 5.32 Å². The molecule has 0 radical (unpaired) electrons. The van der Waals surface area contributed by atoms with E-state index in [9.17, 15) is 9.59 Å². The normalized spacial score (nSPS) is 10.1. The van der Waals surface area contributed by atoms with Gasteiger partial charge < -0.3 is 5.32 Å². The molecule has 0 aliphatic rings. The lowest BCUT2D eigenvalue weighted by molar-refractivity contribution is 0.0998. The van der Waals surface area contributed by atoms with E-state index in [1.54, 1.807) is 42.5 Å². The van der Waals surface area contributed by atoms with Crippen molar-refractivity contribution in [2.24, 2.45) is 0 Å². The molecule has 2 aromatic rings. The molecule has 2 aromatic carbocycles. The molecule has 0 heterocycles. The summed E-state index contributed by atoms with van der Waals surface area (Å²) in [6.07, 6.45) is 0. The van der Waals surface area contributed by atoms with Crippen LogP contribution in [0.25, 0.3) is 0 Å². The molecule has 102 valence electrons. The van der Waals surface area contributed by atoms with Crippen LogP contribution in [-0.2, 0) is 0 Å². The minimum Gasteiger partial charge on any atom is -0.377 e. The first kappa shape index (κ1) is 14.3. The number of Topliss-reactive ketones (excluding diaryl/α,β-unsaturated/α-hetero) is 2. The van der Waals surface area contributed by atoms with E-state index in [1.807, 2.05) is 6.07 Å². The third-order valence-electron chi connectivity index (χ3n) is 2.91. The van der Waals surface area contributed by atoms with Crippen LogP contribution in [0.3, 0.4) is 0 Å². The van der Waals surface area contributed by atoms with Crippen molar-refractivity contribution in [1.29, 1.82) is 0 Å². The summed E-state index contributed by atoms with van der Waals surface area (Å²) in [6, 6.07) is 13.9. The molecule has 0 aromatic heterocycles. The van der Waals surface area contributed by atoms with E-state index in [4.69, 9.17) is 11.6 Å². The topological polar surface area (TPSA) is 46.2 Å². The molecule has 20 heavy (non-hydrogen) atoms. The SMILES string of the molecule is CC(=O)c1ccccc1NCC(=O)c1ccc(Cl)cc1. The third kappa shape index (κ3) is 3.45. The van der Waals surface area contributed by atoms with Gasteiger partial charge in [-0.05, 0) is 43.3 Å². The van der Waals surface area contributed by atoms with Crippen molar-refractivity contribution < 1.29 is 9.59 Å². The highest BCUT2D eigenvalue weighted by molar-refractivity contribution is 6.30. The Bertz CT molecular complexity index is 635. The van der Waals surface area contributed by atoms with Crippen molar-refractivity contribution in [3.63, 3.8) is 0 Å². The third-order valence-corrected chi connectivity index (χ3v) is 3.16. The van der Waals surface area contributed by atoms with Gasteiger partial charge in [0.2, 0.25) is 0 Å². The monoisotopic (exact) mass is 287 g/mol. The number of hydrogen-bond donors (Lipinski definition) is 1. The lowest BCUT2D eigenvalue weighted by Gasteiger charge is -2.09. The maximum Gasteiger partial charge on any atom is 0.181 e. The van der Waals surface area contributed by atoms with Crippen LogP contribution >= 0.6 is 11.6 Å². The fourth-order valence-corrected chi connectivity index (χ4v) is 1.98. The molecule has 0 spiro atoms. The van der Waals surface area contributed by atoms with Crippen LogP contribution in [0.5, 0.6) is 0 Å². The molecule has 0 aliphatic heterocycles. The molecule has 0 unspecified atom stereocenters. The second-order valence-corrected chi connectivity index (χ2v) is 4.82. The Labute approximate surface area is 122 Å². The lowest BCUT2D eigenvalue weighted by atomic mass is 10.1. The zero-order valence-corrected chi connectivity index (χ0v) is 11.8. The van der Waals surface area contributed by atoms with Gasteiger partial charge in [0, 0.05) is 21.8 Å². The average molecular weight is 288 g/mol. The van der Waals surface area contributed by atoms with Crippen LogP contribution in [0.4, 0.5) is 5.69 Å².